The third kappa shape index (κ3) is 3.61. The molecule has 0 aliphatic rings. The van der Waals surface area contributed by atoms with E-state index in [9.17, 15) is 15.0 Å². The third-order valence-electron chi connectivity index (χ3n) is 2.45. The zero-order chi connectivity index (χ0) is 14.5. The van der Waals surface area contributed by atoms with E-state index in [1.54, 1.807) is 12.1 Å². The number of thioether (sulfide) groups is 1. The molecule has 1 aromatic carbocycles. The quantitative estimate of drug-likeness (QED) is 0.577. The van der Waals surface area contributed by atoms with Gasteiger partial charge in [0.1, 0.15) is 16.5 Å². The highest BCUT2D eigenvalue weighted by Gasteiger charge is 2.13. The van der Waals surface area contributed by atoms with E-state index in [0.717, 1.165) is 11.8 Å². The second kappa shape index (κ2) is 6.25. The van der Waals surface area contributed by atoms with Crippen molar-refractivity contribution in [3.8, 4) is 5.75 Å². The Morgan fingerprint density at radius 1 is 1.40 bits per heavy atom. The van der Waals surface area contributed by atoms with Crippen LogP contribution in [0, 0.1) is 0 Å². The normalized spacial score (nSPS) is 11.6. The summed E-state index contributed by atoms with van der Waals surface area (Å²) in [6.07, 6.45) is 2.21. The van der Waals surface area contributed by atoms with Gasteiger partial charge in [-0.1, -0.05) is 19.1 Å². The van der Waals surface area contributed by atoms with Crippen LogP contribution < -0.4 is 0 Å². The van der Waals surface area contributed by atoms with Gasteiger partial charge in [-0.25, -0.2) is 9.78 Å². The van der Waals surface area contributed by atoms with Crippen molar-refractivity contribution in [2.45, 2.75) is 18.5 Å². The molecule has 1 heterocycles. The fourth-order valence-electron chi connectivity index (χ4n) is 1.44. The van der Waals surface area contributed by atoms with E-state index < -0.39 is 5.97 Å². The van der Waals surface area contributed by atoms with E-state index in [1.165, 1.54) is 18.2 Å². The van der Waals surface area contributed by atoms with E-state index in [4.69, 9.17) is 0 Å². The number of aromatic amines is 1. The molecular weight excluding hydrogens is 278 g/mol. The summed E-state index contributed by atoms with van der Waals surface area (Å²) >= 11 is 0.978. The SMILES string of the molecule is CCc1nc(S/C(=C\c2ccc(O)cc2)C(=O)O)n[nH]1. The largest absolute Gasteiger partial charge is 0.508 e. The van der Waals surface area contributed by atoms with Crippen LogP contribution in [0.15, 0.2) is 34.3 Å². The Morgan fingerprint density at radius 2 is 2.10 bits per heavy atom. The molecule has 20 heavy (non-hydrogen) atoms. The molecular formula is C13H13N3O3S. The summed E-state index contributed by atoms with van der Waals surface area (Å²) in [6.45, 7) is 1.93. The lowest BCUT2D eigenvalue weighted by Crippen LogP contribution is -1.97. The summed E-state index contributed by atoms with van der Waals surface area (Å²) in [7, 11) is 0. The lowest BCUT2D eigenvalue weighted by Gasteiger charge is -1.99. The molecule has 0 amide bonds. The number of nitrogens with zero attached hydrogens (tertiary/aromatic N) is 2. The van der Waals surface area contributed by atoms with Gasteiger partial charge in [0.15, 0.2) is 0 Å². The van der Waals surface area contributed by atoms with Crippen molar-refractivity contribution in [3.63, 3.8) is 0 Å². The monoisotopic (exact) mass is 291 g/mol. The molecule has 2 rings (SSSR count). The first-order valence-corrected chi connectivity index (χ1v) is 6.73. The van der Waals surface area contributed by atoms with Crippen molar-refractivity contribution in [2.24, 2.45) is 0 Å². The molecule has 0 aliphatic heterocycles. The summed E-state index contributed by atoms with van der Waals surface area (Å²) in [4.78, 5) is 15.5. The first-order valence-electron chi connectivity index (χ1n) is 5.91. The summed E-state index contributed by atoms with van der Waals surface area (Å²) in [5.74, 6) is -0.207. The Kier molecular flexibility index (Phi) is 4.41. The Balaban J connectivity index is 2.22. The maximum absolute atomic E-state index is 11.2. The molecule has 1 aromatic heterocycles. The van der Waals surface area contributed by atoms with Crippen LogP contribution in [0.2, 0.25) is 0 Å². The van der Waals surface area contributed by atoms with E-state index in [0.29, 0.717) is 23.0 Å². The highest BCUT2D eigenvalue weighted by atomic mass is 32.2. The van der Waals surface area contributed by atoms with Crippen LogP contribution in [0.4, 0.5) is 0 Å². The number of nitrogens with one attached hydrogen (secondary N) is 1. The minimum Gasteiger partial charge on any atom is -0.508 e. The van der Waals surface area contributed by atoms with Crippen LogP contribution in [0.3, 0.4) is 0 Å². The van der Waals surface area contributed by atoms with Crippen molar-refractivity contribution >= 4 is 23.8 Å². The number of phenolic OH excluding ortho intramolecular Hbond substituents is 1. The third-order valence-corrected chi connectivity index (χ3v) is 3.33. The average Bonchev–Trinajstić information content (AvgIpc) is 2.88. The Labute approximate surface area is 119 Å². The molecule has 0 atom stereocenters. The van der Waals surface area contributed by atoms with Crippen molar-refractivity contribution < 1.29 is 15.0 Å². The van der Waals surface area contributed by atoms with Gasteiger partial charge in [-0.05, 0) is 35.5 Å². The summed E-state index contributed by atoms with van der Waals surface area (Å²) in [5, 5.41) is 25.5. The molecule has 0 bridgehead atoms. The fourth-order valence-corrected chi connectivity index (χ4v) is 2.16. The van der Waals surface area contributed by atoms with E-state index >= 15 is 0 Å². The minimum atomic E-state index is -1.05. The highest BCUT2D eigenvalue weighted by molar-refractivity contribution is 8.04. The molecule has 0 spiro atoms. The predicted octanol–water partition coefficient (Wildman–Crippen LogP) is 2.29. The van der Waals surface area contributed by atoms with Gasteiger partial charge in [-0.15, -0.1) is 5.10 Å². The minimum absolute atomic E-state index is 0.109. The van der Waals surface area contributed by atoms with Crippen molar-refractivity contribution in [1.82, 2.24) is 15.2 Å². The number of rotatable bonds is 5. The number of benzene rings is 1. The molecule has 104 valence electrons. The van der Waals surface area contributed by atoms with E-state index in [-0.39, 0.29) is 10.7 Å². The van der Waals surface area contributed by atoms with Crippen LogP contribution in [-0.2, 0) is 11.2 Å². The van der Waals surface area contributed by atoms with Crippen molar-refractivity contribution in [3.05, 3.63) is 40.6 Å². The maximum Gasteiger partial charge on any atom is 0.342 e. The van der Waals surface area contributed by atoms with E-state index in [2.05, 4.69) is 15.2 Å². The van der Waals surface area contributed by atoms with Gasteiger partial charge in [0, 0.05) is 6.42 Å². The van der Waals surface area contributed by atoms with Gasteiger partial charge >= 0.3 is 5.97 Å². The van der Waals surface area contributed by atoms with Crippen LogP contribution in [-0.4, -0.2) is 31.4 Å². The number of aryl methyl sites for hydroxylation is 1. The first-order chi connectivity index (χ1) is 9.58. The van der Waals surface area contributed by atoms with Crippen molar-refractivity contribution in [1.29, 1.82) is 0 Å². The van der Waals surface area contributed by atoms with Crippen LogP contribution in [0.5, 0.6) is 5.75 Å². The molecule has 0 radical (unpaired) electrons. The number of aliphatic carboxylic acids is 1. The molecule has 3 N–H and O–H groups in total. The molecule has 0 fully saturated rings. The molecule has 6 nitrogen and oxygen atoms in total. The number of phenols is 1. The zero-order valence-electron chi connectivity index (χ0n) is 10.7. The summed E-state index contributed by atoms with van der Waals surface area (Å²) in [5.41, 5.74) is 0.680. The number of carboxylic acids is 1. The number of hydrogen-bond acceptors (Lipinski definition) is 5. The topological polar surface area (TPSA) is 99.1 Å². The smallest absolute Gasteiger partial charge is 0.342 e. The highest BCUT2D eigenvalue weighted by Crippen LogP contribution is 2.26. The van der Waals surface area contributed by atoms with Gasteiger partial charge in [-0.2, -0.15) is 0 Å². The average molecular weight is 291 g/mol. The maximum atomic E-state index is 11.2. The summed E-state index contributed by atoms with van der Waals surface area (Å²) < 4.78 is 0. The van der Waals surface area contributed by atoms with Crippen LogP contribution >= 0.6 is 11.8 Å². The first kappa shape index (κ1) is 14.1. The Hall–Kier alpha value is -2.28. The lowest BCUT2D eigenvalue weighted by molar-refractivity contribution is -0.131. The number of hydrogen-bond donors (Lipinski definition) is 3. The lowest BCUT2D eigenvalue weighted by atomic mass is 10.2. The number of H-pyrrole nitrogens is 1. The van der Waals surface area contributed by atoms with Gasteiger partial charge in [0.05, 0.1) is 0 Å². The molecule has 0 saturated carbocycles. The van der Waals surface area contributed by atoms with Gasteiger partial charge < -0.3 is 10.2 Å². The second-order valence-electron chi connectivity index (χ2n) is 3.93. The molecule has 0 unspecified atom stereocenters. The van der Waals surface area contributed by atoms with Gasteiger partial charge in [-0.3, -0.25) is 5.10 Å². The molecule has 0 saturated heterocycles. The summed E-state index contributed by atoms with van der Waals surface area (Å²) in [6, 6.07) is 6.26. The van der Waals surface area contributed by atoms with Gasteiger partial charge in [0.2, 0.25) is 5.16 Å². The van der Waals surface area contributed by atoms with Crippen molar-refractivity contribution in [2.75, 3.05) is 0 Å². The number of aromatic nitrogens is 3. The Morgan fingerprint density at radius 3 is 2.65 bits per heavy atom. The predicted molar refractivity (Wildman–Crippen MR) is 75.3 cm³/mol. The number of carboxylic acid groups (broad SMARTS) is 1. The number of aromatic hydroxyl groups is 1. The molecule has 2 aromatic rings. The fraction of sp³-hybridized carbons (Fsp3) is 0.154. The zero-order valence-corrected chi connectivity index (χ0v) is 11.5. The van der Waals surface area contributed by atoms with Gasteiger partial charge in [0.25, 0.3) is 0 Å². The molecule has 7 heteroatoms. The Bertz CT molecular complexity index is 635. The molecule has 0 aliphatic carbocycles. The van der Waals surface area contributed by atoms with Crippen LogP contribution in [0.25, 0.3) is 6.08 Å². The standard InChI is InChI=1S/C13H13N3O3S/c1-2-11-14-13(16-15-11)20-10(12(18)19)7-8-3-5-9(17)6-4-8/h3-7,17H,2H2,1H3,(H,18,19)(H,14,15,16)/b10-7-. The van der Waals surface area contributed by atoms with Crippen LogP contribution in [0.1, 0.15) is 18.3 Å². The number of carbonyl (C=O) groups is 1. The second-order valence-corrected chi connectivity index (χ2v) is 4.93. The van der Waals surface area contributed by atoms with E-state index in [1.807, 2.05) is 6.92 Å².